The lowest BCUT2D eigenvalue weighted by molar-refractivity contribution is 0.390. The molecule has 2 N–H and O–H groups in total. The third-order valence-corrected chi connectivity index (χ3v) is 2.43. The molecular weight excluding hydrogens is 220 g/mol. The lowest BCUT2D eigenvalue weighted by atomic mass is 9.60. The molecule has 16 heavy (non-hydrogen) atoms. The average Bonchev–Trinajstić information content (AvgIpc) is 2.18. The summed E-state index contributed by atoms with van der Waals surface area (Å²) in [7, 11) is 14.2. The van der Waals surface area contributed by atoms with Crippen LogP contribution >= 0.6 is 12.6 Å². The molecule has 0 saturated heterocycles. The van der Waals surface area contributed by atoms with Crippen molar-refractivity contribution in [2.45, 2.75) is 16.7 Å². The van der Waals surface area contributed by atoms with E-state index in [0.29, 0.717) is 16.4 Å². The number of thiol groups is 1. The van der Waals surface area contributed by atoms with Gasteiger partial charge in [-0.1, -0.05) is 5.34 Å². The maximum atomic E-state index is 5.56. The molecule has 0 heterocycles. The number of ether oxygens (including phenoxy) is 2. The fourth-order valence-corrected chi connectivity index (χ4v) is 1.69. The zero-order valence-electron chi connectivity index (χ0n) is 9.36. The Hall–Kier alpha value is -0.740. The van der Waals surface area contributed by atoms with Crippen LogP contribution in [0.3, 0.4) is 0 Å². The third-order valence-electron chi connectivity index (χ3n) is 2.08. The van der Waals surface area contributed by atoms with Crippen molar-refractivity contribution in [3.63, 3.8) is 0 Å². The van der Waals surface area contributed by atoms with Crippen molar-refractivity contribution in [1.82, 2.24) is 0 Å². The summed E-state index contributed by atoms with van der Waals surface area (Å²) in [5, 5.41) is -1.28. The second kappa shape index (κ2) is 5.06. The summed E-state index contributed by atoms with van der Waals surface area (Å²) in [5.41, 5.74) is 6.34. The molecule has 0 atom stereocenters. The molecule has 0 spiro atoms. The molecule has 1 aromatic carbocycles. The summed E-state index contributed by atoms with van der Waals surface area (Å²) < 4.78 is 10.3. The maximum absolute atomic E-state index is 5.56. The number of benzene rings is 1. The first-order chi connectivity index (χ1) is 7.37. The molecule has 0 aliphatic carbocycles. The molecule has 82 valence electrons. The highest BCUT2D eigenvalue weighted by Gasteiger charge is 2.16. The van der Waals surface area contributed by atoms with Crippen molar-refractivity contribution in [3.8, 4) is 11.5 Å². The fourth-order valence-electron chi connectivity index (χ4n) is 1.41. The van der Waals surface area contributed by atoms with Crippen LogP contribution in [-0.4, -0.2) is 35.2 Å². The van der Waals surface area contributed by atoms with Gasteiger partial charge in [0.1, 0.15) is 11.5 Å². The Morgan fingerprint density at radius 1 is 1.25 bits per heavy atom. The molecule has 0 unspecified atom stereocenters. The molecule has 0 saturated carbocycles. The Bertz CT molecular complexity index is 380. The fraction of sp³-hybridized carbons (Fsp3) is 0.400. The minimum Gasteiger partial charge on any atom is -0.496 e. The van der Waals surface area contributed by atoms with Crippen LogP contribution in [0.1, 0.15) is 5.56 Å². The molecule has 3 nitrogen and oxygen atoms in total. The smallest absolute Gasteiger partial charge is 0.132 e. The Morgan fingerprint density at radius 2 is 1.81 bits per heavy atom. The van der Waals surface area contributed by atoms with Gasteiger partial charge in [0.05, 0.1) is 29.9 Å². The van der Waals surface area contributed by atoms with E-state index in [0.717, 1.165) is 5.56 Å². The van der Waals surface area contributed by atoms with E-state index in [1.54, 1.807) is 26.4 Å². The van der Waals surface area contributed by atoms with E-state index in [1.807, 2.05) is 0 Å². The van der Waals surface area contributed by atoms with Crippen LogP contribution in [0.2, 0.25) is 0 Å². The second-order valence-corrected chi connectivity index (χ2v) is 4.11. The van der Waals surface area contributed by atoms with E-state index in [2.05, 4.69) is 12.6 Å². The molecule has 0 aliphatic heterocycles. The van der Waals surface area contributed by atoms with E-state index >= 15 is 0 Å². The first-order valence-electron chi connectivity index (χ1n) is 4.68. The normalized spacial score (nSPS) is 11.2. The van der Waals surface area contributed by atoms with Gasteiger partial charge in [0.2, 0.25) is 0 Å². The van der Waals surface area contributed by atoms with Gasteiger partial charge in [-0.05, 0) is 24.1 Å². The van der Waals surface area contributed by atoms with Crippen LogP contribution in [0.15, 0.2) is 17.0 Å². The monoisotopic (exact) mass is 233 g/mol. The Kier molecular flexibility index (Phi) is 4.21. The van der Waals surface area contributed by atoms with Crippen molar-refractivity contribution in [2.75, 3.05) is 14.2 Å². The summed E-state index contributed by atoms with van der Waals surface area (Å²) in [6.07, 6.45) is 0.278. The van der Waals surface area contributed by atoms with Gasteiger partial charge in [-0.15, -0.1) is 12.6 Å². The largest absolute Gasteiger partial charge is 0.496 e. The maximum Gasteiger partial charge on any atom is 0.132 e. The third kappa shape index (κ3) is 3.39. The number of methoxy groups -OCH3 is 2. The summed E-state index contributed by atoms with van der Waals surface area (Å²) >= 11 is 4.26. The minimum atomic E-state index is -1.28. The number of hydrogen-bond acceptors (Lipinski definition) is 4. The van der Waals surface area contributed by atoms with E-state index in [4.69, 9.17) is 30.9 Å². The molecule has 6 heteroatoms. The summed E-state index contributed by atoms with van der Waals surface area (Å²) in [6, 6.07) is 3.51. The molecule has 1 rings (SSSR count). The highest BCUT2D eigenvalue weighted by atomic mass is 32.1. The topological polar surface area (TPSA) is 44.5 Å². The number of rotatable bonds is 4. The van der Waals surface area contributed by atoms with Crippen molar-refractivity contribution in [2.24, 2.45) is 5.73 Å². The molecule has 0 aromatic heterocycles. The first-order valence-corrected chi connectivity index (χ1v) is 5.12. The molecular formula is C10H13B2NO2S. The zero-order chi connectivity index (χ0) is 12.3. The van der Waals surface area contributed by atoms with Crippen LogP contribution in [0, 0.1) is 0 Å². The van der Waals surface area contributed by atoms with E-state index < -0.39 is 5.34 Å². The number of hydrogen-bond donors (Lipinski definition) is 2. The summed E-state index contributed by atoms with van der Waals surface area (Å²) in [4.78, 5) is 0.680. The van der Waals surface area contributed by atoms with E-state index in [-0.39, 0.29) is 6.42 Å². The van der Waals surface area contributed by atoms with Gasteiger partial charge < -0.3 is 15.2 Å². The highest BCUT2D eigenvalue weighted by molar-refractivity contribution is 7.80. The predicted molar refractivity (Wildman–Crippen MR) is 68.9 cm³/mol. The van der Waals surface area contributed by atoms with Gasteiger partial charge >= 0.3 is 0 Å². The van der Waals surface area contributed by atoms with Crippen molar-refractivity contribution in [1.29, 1.82) is 0 Å². The molecule has 0 amide bonds. The van der Waals surface area contributed by atoms with E-state index in [1.165, 1.54) is 0 Å². The lowest BCUT2D eigenvalue weighted by Crippen LogP contribution is -2.43. The second-order valence-electron chi connectivity index (χ2n) is 3.63. The van der Waals surface area contributed by atoms with Gasteiger partial charge in [0.25, 0.3) is 0 Å². The number of nitrogens with two attached hydrogens (primary N) is 1. The SMILES string of the molecule is [B]C([B])(N)Cc1cc(OC)c(S)cc1OC. The Morgan fingerprint density at radius 3 is 2.25 bits per heavy atom. The molecule has 0 aliphatic rings. The molecule has 4 radical (unpaired) electrons. The van der Waals surface area contributed by atoms with Gasteiger partial charge in [-0.2, -0.15) is 0 Å². The summed E-state index contributed by atoms with van der Waals surface area (Å²) in [6.45, 7) is 0. The van der Waals surface area contributed by atoms with Gasteiger partial charge in [-0.3, -0.25) is 0 Å². The van der Waals surface area contributed by atoms with Crippen LogP contribution in [0.4, 0.5) is 0 Å². The minimum absolute atomic E-state index is 0.278. The average molecular weight is 233 g/mol. The standard InChI is InChI=1S/C10H13B2NO2S/c1-14-7-4-9(16)8(15-2)3-6(7)5-10(11,12)13/h3-4,16H,5,13H2,1-2H3. The van der Waals surface area contributed by atoms with Crippen LogP contribution < -0.4 is 15.2 Å². The quantitative estimate of drug-likeness (QED) is 0.587. The molecule has 1 aromatic rings. The lowest BCUT2D eigenvalue weighted by Gasteiger charge is -2.22. The van der Waals surface area contributed by atoms with E-state index in [9.17, 15) is 0 Å². The van der Waals surface area contributed by atoms with Crippen molar-refractivity contribution in [3.05, 3.63) is 17.7 Å². The zero-order valence-corrected chi connectivity index (χ0v) is 10.3. The van der Waals surface area contributed by atoms with Gasteiger partial charge in [0, 0.05) is 4.90 Å². The summed E-state index contributed by atoms with van der Waals surface area (Å²) in [5.74, 6) is 1.26. The van der Waals surface area contributed by atoms with Crippen molar-refractivity contribution >= 4 is 28.3 Å². The molecule has 0 fully saturated rings. The Balaban J connectivity index is 3.15. The highest BCUT2D eigenvalue weighted by Crippen LogP contribution is 2.32. The van der Waals surface area contributed by atoms with Crippen LogP contribution in [0.25, 0.3) is 0 Å². The van der Waals surface area contributed by atoms with Crippen LogP contribution in [0.5, 0.6) is 11.5 Å². The molecule has 0 bridgehead atoms. The van der Waals surface area contributed by atoms with Crippen molar-refractivity contribution < 1.29 is 9.47 Å². The Labute approximate surface area is 104 Å². The first kappa shape index (κ1) is 13.3. The predicted octanol–water partition coefficient (Wildman–Crippen LogP) is 0.485. The van der Waals surface area contributed by atoms with Gasteiger partial charge in [0.15, 0.2) is 0 Å². The van der Waals surface area contributed by atoms with Crippen LogP contribution in [-0.2, 0) is 6.42 Å². The van der Waals surface area contributed by atoms with Gasteiger partial charge in [-0.25, -0.2) is 0 Å².